The number of hydrogen-bond donors (Lipinski definition) is 1. The molecule has 0 amide bonds. The number of aromatic hydroxyl groups is 1. The van der Waals surface area contributed by atoms with Crippen LogP contribution in [-0.2, 0) is 13.5 Å². The predicted molar refractivity (Wildman–Crippen MR) is 105 cm³/mol. The first-order valence-corrected chi connectivity index (χ1v) is 8.84. The van der Waals surface area contributed by atoms with Gasteiger partial charge in [0.2, 0.25) is 0 Å². The van der Waals surface area contributed by atoms with Crippen molar-refractivity contribution >= 4 is 34.2 Å². The van der Waals surface area contributed by atoms with Gasteiger partial charge >= 0.3 is 0 Å². The topological polar surface area (TPSA) is 50.9 Å². The summed E-state index contributed by atoms with van der Waals surface area (Å²) in [6.07, 6.45) is 0.559. The molecule has 0 unspecified atom stereocenters. The number of rotatable bonds is 3. The zero-order valence-corrected chi connectivity index (χ0v) is 15.5. The van der Waals surface area contributed by atoms with Gasteiger partial charge in [0.25, 0.3) is 0 Å². The van der Waals surface area contributed by atoms with Crippen LogP contribution in [0.2, 0.25) is 10.0 Å². The Kier molecular flexibility index (Phi) is 4.31. The first kappa shape index (κ1) is 16.9. The lowest BCUT2D eigenvalue weighted by atomic mass is 10.1. The Labute approximate surface area is 160 Å². The van der Waals surface area contributed by atoms with Crippen LogP contribution >= 0.6 is 23.2 Å². The predicted octanol–water partition coefficient (Wildman–Crippen LogP) is 5.24. The normalized spacial score (nSPS) is 11.2. The molecule has 0 atom stereocenters. The van der Waals surface area contributed by atoms with Crippen molar-refractivity contribution in [3.63, 3.8) is 0 Å². The first-order valence-electron chi connectivity index (χ1n) is 8.08. The van der Waals surface area contributed by atoms with E-state index < -0.39 is 0 Å². The lowest BCUT2D eigenvalue weighted by molar-refractivity contribution is 0.476. The third-order valence-corrected chi connectivity index (χ3v) is 5.01. The van der Waals surface area contributed by atoms with Crippen LogP contribution in [0.4, 0.5) is 0 Å². The Morgan fingerprint density at radius 2 is 1.69 bits per heavy atom. The van der Waals surface area contributed by atoms with Crippen molar-refractivity contribution in [1.29, 1.82) is 0 Å². The number of hydrogen-bond acceptors (Lipinski definition) is 3. The Morgan fingerprint density at radius 1 is 1.00 bits per heavy atom. The summed E-state index contributed by atoms with van der Waals surface area (Å²) < 4.78 is 1.71. The molecule has 2 aromatic heterocycles. The van der Waals surface area contributed by atoms with Crippen molar-refractivity contribution in [1.82, 2.24) is 14.8 Å². The molecule has 6 heteroatoms. The number of nitrogens with zero attached hydrogens (tertiary/aromatic N) is 3. The summed E-state index contributed by atoms with van der Waals surface area (Å²) in [5.74, 6) is 0.0685. The Hall–Kier alpha value is -2.56. The highest BCUT2D eigenvalue weighted by molar-refractivity contribution is 6.33. The van der Waals surface area contributed by atoms with E-state index in [2.05, 4.69) is 10.1 Å². The highest BCUT2D eigenvalue weighted by atomic mass is 35.5. The fourth-order valence-electron chi connectivity index (χ4n) is 3.04. The largest absolute Gasteiger partial charge is 0.506 e. The minimum atomic E-state index is 0.0685. The van der Waals surface area contributed by atoms with E-state index in [9.17, 15) is 5.11 Å². The van der Waals surface area contributed by atoms with Gasteiger partial charge in [-0.3, -0.25) is 4.68 Å². The van der Waals surface area contributed by atoms with Crippen molar-refractivity contribution in [2.75, 3.05) is 0 Å². The molecule has 0 aliphatic carbocycles. The maximum absolute atomic E-state index is 10.6. The fraction of sp³-hybridized carbons (Fsp3) is 0.100. The fourth-order valence-corrected chi connectivity index (χ4v) is 3.47. The maximum atomic E-state index is 10.6. The van der Waals surface area contributed by atoms with E-state index in [-0.39, 0.29) is 5.75 Å². The molecule has 0 fully saturated rings. The highest BCUT2D eigenvalue weighted by Crippen LogP contribution is 2.35. The summed E-state index contributed by atoms with van der Waals surface area (Å²) in [6, 6.07) is 16.7. The Balaban J connectivity index is 1.85. The third kappa shape index (κ3) is 2.91. The average Bonchev–Trinajstić information content (AvgIpc) is 2.92. The van der Waals surface area contributed by atoms with Crippen molar-refractivity contribution in [3.8, 4) is 17.0 Å². The summed E-state index contributed by atoms with van der Waals surface area (Å²) >= 11 is 12.5. The number of aromatic nitrogens is 3. The van der Waals surface area contributed by atoms with Gasteiger partial charge in [0.15, 0.2) is 5.65 Å². The summed E-state index contributed by atoms with van der Waals surface area (Å²) in [7, 11) is 1.83. The van der Waals surface area contributed by atoms with Gasteiger partial charge in [-0.05, 0) is 23.8 Å². The molecule has 0 saturated carbocycles. The van der Waals surface area contributed by atoms with Crippen LogP contribution in [-0.4, -0.2) is 19.9 Å². The monoisotopic (exact) mass is 383 g/mol. The molecule has 0 radical (unpaired) electrons. The van der Waals surface area contributed by atoms with Gasteiger partial charge in [-0.15, -0.1) is 0 Å². The van der Waals surface area contributed by atoms with E-state index in [1.807, 2.05) is 49.5 Å². The second kappa shape index (κ2) is 6.63. The Bertz CT molecular complexity index is 1120. The average molecular weight is 384 g/mol. The van der Waals surface area contributed by atoms with Crippen LogP contribution in [0.5, 0.6) is 5.75 Å². The number of pyridine rings is 1. The molecule has 0 saturated heterocycles. The summed E-state index contributed by atoms with van der Waals surface area (Å²) in [5, 5.41) is 17.2. The molecule has 0 bridgehead atoms. The molecule has 2 heterocycles. The lowest BCUT2D eigenvalue weighted by Crippen LogP contribution is -1.95. The van der Waals surface area contributed by atoms with E-state index in [0.29, 0.717) is 33.4 Å². The summed E-state index contributed by atoms with van der Waals surface area (Å²) in [5.41, 5.74) is 3.59. The van der Waals surface area contributed by atoms with Crippen LogP contribution in [0.1, 0.15) is 11.3 Å². The van der Waals surface area contributed by atoms with Gasteiger partial charge < -0.3 is 5.11 Å². The molecule has 130 valence electrons. The minimum Gasteiger partial charge on any atom is -0.506 e. The lowest BCUT2D eigenvalue weighted by Gasteiger charge is -2.07. The van der Waals surface area contributed by atoms with Crippen molar-refractivity contribution in [2.45, 2.75) is 6.42 Å². The molecule has 0 aliphatic heterocycles. The van der Waals surface area contributed by atoms with Gasteiger partial charge in [0.1, 0.15) is 11.4 Å². The van der Waals surface area contributed by atoms with Crippen LogP contribution in [0.25, 0.3) is 22.3 Å². The van der Waals surface area contributed by atoms with E-state index in [4.69, 9.17) is 23.2 Å². The molecule has 1 N–H and O–H groups in total. The molecule has 4 nitrogen and oxygen atoms in total. The van der Waals surface area contributed by atoms with Crippen molar-refractivity contribution in [2.24, 2.45) is 7.05 Å². The van der Waals surface area contributed by atoms with Gasteiger partial charge in [-0.25, -0.2) is 4.98 Å². The van der Waals surface area contributed by atoms with Crippen LogP contribution in [0.15, 0.2) is 54.6 Å². The van der Waals surface area contributed by atoms with Crippen LogP contribution < -0.4 is 0 Å². The number of aryl methyl sites for hydroxylation is 1. The number of benzene rings is 2. The summed E-state index contributed by atoms with van der Waals surface area (Å²) in [4.78, 5) is 4.62. The quantitative estimate of drug-likeness (QED) is 0.526. The van der Waals surface area contributed by atoms with Crippen LogP contribution in [0.3, 0.4) is 0 Å². The van der Waals surface area contributed by atoms with E-state index in [1.165, 1.54) is 0 Å². The Morgan fingerprint density at radius 3 is 2.42 bits per heavy atom. The SMILES string of the molecule is Cn1nc(Cc2ccccc2Cl)c2cc(O)c(-c3ccccc3Cl)nc21. The van der Waals surface area contributed by atoms with Gasteiger partial charge in [-0.1, -0.05) is 59.6 Å². The molecule has 4 aromatic rings. The van der Waals surface area contributed by atoms with Gasteiger partial charge in [0, 0.05) is 29.4 Å². The summed E-state index contributed by atoms with van der Waals surface area (Å²) in [6.45, 7) is 0. The maximum Gasteiger partial charge on any atom is 0.158 e. The molecule has 4 rings (SSSR count). The smallest absolute Gasteiger partial charge is 0.158 e. The van der Waals surface area contributed by atoms with Gasteiger partial charge in [0.05, 0.1) is 10.7 Å². The molecule has 0 aliphatic rings. The second-order valence-electron chi connectivity index (χ2n) is 6.05. The molecule has 2 aromatic carbocycles. The molecule has 0 spiro atoms. The molecular weight excluding hydrogens is 369 g/mol. The number of fused-ring (bicyclic) bond motifs is 1. The van der Waals surface area contributed by atoms with E-state index in [1.54, 1.807) is 16.8 Å². The third-order valence-electron chi connectivity index (χ3n) is 4.32. The van der Waals surface area contributed by atoms with Crippen molar-refractivity contribution in [3.05, 3.63) is 75.9 Å². The minimum absolute atomic E-state index is 0.0685. The number of halogens is 2. The first-order chi connectivity index (χ1) is 12.5. The highest BCUT2D eigenvalue weighted by Gasteiger charge is 2.17. The zero-order valence-electron chi connectivity index (χ0n) is 13.9. The van der Waals surface area contributed by atoms with E-state index in [0.717, 1.165) is 16.6 Å². The van der Waals surface area contributed by atoms with Crippen LogP contribution in [0, 0.1) is 0 Å². The van der Waals surface area contributed by atoms with E-state index >= 15 is 0 Å². The second-order valence-corrected chi connectivity index (χ2v) is 6.86. The molecule has 26 heavy (non-hydrogen) atoms. The standard InChI is InChI=1S/C20H15Cl2N3O/c1-25-20-14(17(24-25)10-12-6-2-4-8-15(12)21)11-18(26)19(23-20)13-7-3-5-9-16(13)22/h2-9,11,26H,10H2,1H3. The van der Waals surface area contributed by atoms with Crippen molar-refractivity contribution < 1.29 is 5.11 Å². The molecular formula is C20H15Cl2N3O. The zero-order chi connectivity index (χ0) is 18.3. The van der Waals surface area contributed by atoms with Gasteiger partial charge in [-0.2, -0.15) is 5.10 Å².